The number of fused-ring (bicyclic) bond motifs is 2. The van der Waals surface area contributed by atoms with Crippen molar-refractivity contribution in [2.24, 2.45) is 10.2 Å². The first-order valence-electron chi connectivity index (χ1n) is 13.3. The molecule has 0 saturated carbocycles. The minimum atomic E-state index is -0.977. The van der Waals surface area contributed by atoms with Gasteiger partial charge in [-0.05, 0) is 59.6 Å². The molecule has 2 aliphatic heterocycles. The maximum absolute atomic E-state index is 12.8. The topological polar surface area (TPSA) is 57.5 Å². The predicted octanol–water partition coefficient (Wildman–Crippen LogP) is 7.36. The fraction of sp³-hybridized carbons (Fsp3) is 0.182. The molecule has 7 heteroatoms. The number of carbonyl (C=O) groups excluding carboxylic acids is 1. The monoisotopic (exact) mass is 546 g/mol. The smallest absolute Gasteiger partial charge is 0.234 e. The maximum atomic E-state index is 12.8. The van der Waals surface area contributed by atoms with E-state index in [-0.39, 0.29) is 5.78 Å². The molecule has 40 heavy (non-hydrogen) atoms. The molecule has 6 rings (SSSR count). The molecule has 6 nitrogen and oxygen atoms in total. The molecule has 4 aromatic rings. The minimum Gasteiger partial charge on any atom is -0.497 e. The van der Waals surface area contributed by atoms with Crippen LogP contribution in [0.5, 0.6) is 5.75 Å². The number of nitrogens with zero attached hydrogens (tertiary/aromatic N) is 4. The second-order valence-corrected chi connectivity index (χ2v) is 11.3. The number of para-hydroxylation sites is 1. The number of hydrazone groups is 2. The highest BCUT2D eigenvalue weighted by atomic mass is 32.2. The summed E-state index contributed by atoms with van der Waals surface area (Å²) >= 11 is 1.42. The van der Waals surface area contributed by atoms with Crippen LogP contribution < -0.4 is 14.8 Å². The molecule has 1 atom stereocenters. The molecule has 200 valence electrons. The Bertz CT molecular complexity index is 1610. The number of carbonyl (C=O) groups is 1. The summed E-state index contributed by atoms with van der Waals surface area (Å²) in [6.45, 7) is 5.95. The highest BCUT2D eigenvalue weighted by molar-refractivity contribution is 8.17. The third-order valence-corrected chi connectivity index (χ3v) is 8.62. The summed E-state index contributed by atoms with van der Waals surface area (Å²) in [5, 5.41) is 14.6. The number of rotatable bonds is 6. The van der Waals surface area contributed by atoms with Crippen molar-refractivity contribution in [3.8, 4) is 5.75 Å². The molecular formula is C33H30N4O2S. The lowest BCUT2D eigenvalue weighted by atomic mass is 9.92. The van der Waals surface area contributed by atoms with Crippen molar-refractivity contribution in [2.45, 2.75) is 31.7 Å². The van der Waals surface area contributed by atoms with Gasteiger partial charge in [0, 0.05) is 23.6 Å². The lowest BCUT2D eigenvalue weighted by molar-refractivity contribution is -0.110. The average molecular weight is 547 g/mol. The Kier molecular flexibility index (Phi) is 6.68. The second kappa shape index (κ2) is 10.3. The Labute approximate surface area is 239 Å². The second-order valence-electron chi connectivity index (χ2n) is 10.1. The predicted molar refractivity (Wildman–Crippen MR) is 164 cm³/mol. The summed E-state index contributed by atoms with van der Waals surface area (Å²) in [7, 11) is 1.65. The molecule has 0 aliphatic carbocycles. The Morgan fingerprint density at radius 3 is 2.08 bits per heavy atom. The van der Waals surface area contributed by atoms with E-state index in [0.717, 1.165) is 39.5 Å². The van der Waals surface area contributed by atoms with E-state index in [1.54, 1.807) is 14.0 Å². The van der Waals surface area contributed by atoms with Gasteiger partial charge in [0.2, 0.25) is 4.99 Å². The molecule has 0 radical (unpaired) electrons. The summed E-state index contributed by atoms with van der Waals surface area (Å²) < 4.78 is 5.42. The Hall–Kier alpha value is -4.36. The molecule has 2 heterocycles. The van der Waals surface area contributed by atoms with Crippen LogP contribution in [-0.2, 0) is 9.79 Å². The standard InChI is InChI=1S/C33H30N4O2S/c1-22(2)24-14-16-25(17-15-24)31-29-12-8-9-13-30(29)33(36(34-31)26-10-6-5-7-11-26)37(35-32(40-33)23(3)38)27-18-20-28(39-4)21-19-27/h5-22H,1-4H3/t33-/m1/s1. The Morgan fingerprint density at radius 1 is 0.800 bits per heavy atom. The third-order valence-electron chi connectivity index (χ3n) is 7.21. The zero-order valence-corrected chi connectivity index (χ0v) is 23.7. The van der Waals surface area contributed by atoms with Crippen LogP contribution in [0.1, 0.15) is 48.9 Å². The first-order chi connectivity index (χ1) is 19.4. The average Bonchev–Trinajstić information content (AvgIpc) is 3.39. The van der Waals surface area contributed by atoms with Crippen molar-refractivity contribution in [3.05, 3.63) is 125 Å². The lowest BCUT2D eigenvalue weighted by Gasteiger charge is -2.47. The summed E-state index contributed by atoms with van der Waals surface area (Å²) in [6, 6.07) is 34.7. The largest absolute Gasteiger partial charge is 0.497 e. The van der Waals surface area contributed by atoms with E-state index in [2.05, 4.69) is 50.2 Å². The molecule has 0 N–H and O–H groups in total. The van der Waals surface area contributed by atoms with Crippen molar-refractivity contribution in [1.82, 2.24) is 0 Å². The number of benzene rings is 4. The highest BCUT2D eigenvalue weighted by Crippen LogP contribution is 2.55. The molecule has 4 aromatic carbocycles. The fourth-order valence-electron chi connectivity index (χ4n) is 5.11. The van der Waals surface area contributed by atoms with Gasteiger partial charge in [0.15, 0.2) is 10.8 Å². The van der Waals surface area contributed by atoms with Crippen molar-refractivity contribution < 1.29 is 9.53 Å². The number of hydrogen-bond acceptors (Lipinski definition) is 7. The van der Waals surface area contributed by atoms with E-state index >= 15 is 0 Å². The van der Waals surface area contributed by atoms with Crippen LogP contribution in [0, 0.1) is 0 Å². The van der Waals surface area contributed by atoms with Crippen molar-refractivity contribution in [3.63, 3.8) is 0 Å². The number of ether oxygens (including phenoxy) is 1. The number of ketones is 1. The summed E-state index contributed by atoms with van der Waals surface area (Å²) in [6.07, 6.45) is 0. The lowest BCUT2D eigenvalue weighted by Crippen LogP contribution is -2.54. The number of thioether (sulfide) groups is 1. The third kappa shape index (κ3) is 4.27. The Balaban J connectivity index is 1.61. The van der Waals surface area contributed by atoms with Gasteiger partial charge < -0.3 is 4.74 Å². The van der Waals surface area contributed by atoms with Crippen LogP contribution in [0.25, 0.3) is 0 Å². The summed E-state index contributed by atoms with van der Waals surface area (Å²) in [5.41, 5.74) is 6.88. The van der Waals surface area contributed by atoms with Crippen LogP contribution in [0.2, 0.25) is 0 Å². The quantitative estimate of drug-likeness (QED) is 0.253. The first-order valence-corrected chi connectivity index (χ1v) is 14.1. The zero-order valence-electron chi connectivity index (χ0n) is 22.9. The molecule has 0 amide bonds. The van der Waals surface area contributed by atoms with Crippen LogP contribution in [0.15, 0.2) is 113 Å². The molecular weight excluding hydrogens is 516 g/mol. The summed E-state index contributed by atoms with van der Waals surface area (Å²) in [4.78, 5) is 11.8. The van der Waals surface area contributed by atoms with Crippen LogP contribution in [-0.4, -0.2) is 23.6 Å². The van der Waals surface area contributed by atoms with Gasteiger partial charge in [-0.3, -0.25) is 4.79 Å². The maximum Gasteiger partial charge on any atom is 0.234 e. The zero-order chi connectivity index (χ0) is 27.9. The number of anilines is 2. The van der Waals surface area contributed by atoms with Gasteiger partial charge in [-0.25, -0.2) is 10.0 Å². The SMILES string of the molecule is COc1ccc(N2N=C(C(C)=O)S[C@@]23c2ccccc2C(c2ccc(C(C)C)cc2)=NN3c2ccccc2)cc1. The van der Waals surface area contributed by atoms with Crippen molar-refractivity contribution in [1.29, 1.82) is 0 Å². The van der Waals surface area contributed by atoms with E-state index in [4.69, 9.17) is 14.9 Å². The molecule has 0 bridgehead atoms. The molecule has 2 aliphatic rings. The van der Waals surface area contributed by atoms with Crippen LogP contribution in [0.3, 0.4) is 0 Å². The minimum absolute atomic E-state index is 0.0927. The molecule has 0 fully saturated rings. The van der Waals surface area contributed by atoms with Crippen LogP contribution >= 0.6 is 11.8 Å². The van der Waals surface area contributed by atoms with E-state index in [1.807, 2.05) is 76.7 Å². The van der Waals surface area contributed by atoms with E-state index < -0.39 is 4.99 Å². The van der Waals surface area contributed by atoms with Crippen molar-refractivity contribution >= 4 is 39.7 Å². The molecule has 1 spiro atoms. The fourth-order valence-corrected chi connectivity index (χ4v) is 6.40. The normalized spacial score (nSPS) is 18.0. The number of methoxy groups -OCH3 is 1. The van der Waals surface area contributed by atoms with Gasteiger partial charge in [0.05, 0.1) is 24.2 Å². The van der Waals surface area contributed by atoms with Gasteiger partial charge in [0.1, 0.15) is 5.75 Å². The number of Topliss-reactive ketones (excluding diaryl/α,β-unsaturated/α-hetero) is 1. The van der Waals surface area contributed by atoms with Gasteiger partial charge in [-0.1, -0.05) is 80.6 Å². The van der Waals surface area contributed by atoms with Crippen LogP contribution in [0.4, 0.5) is 11.4 Å². The molecule has 0 unspecified atom stereocenters. The number of hydrogen-bond donors (Lipinski definition) is 0. The van der Waals surface area contributed by atoms with Crippen molar-refractivity contribution in [2.75, 3.05) is 17.1 Å². The van der Waals surface area contributed by atoms with Gasteiger partial charge >= 0.3 is 0 Å². The summed E-state index contributed by atoms with van der Waals surface area (Å²) in [5.74, 6) is 1.09. The van der Waals surface area contributed by atoms with E-state index in [1.165, 1.54) is 17.3 Å². The van der Waals surface area contributed by atoms with Gasteiger partial charge in [-0.2, -0.15) is 10.2 Å². The first kappa shape index (κ1) is 25.9. The van der Waals surface area contributed by atoms with Gasteiger partial charge in [-0.15, -0.1) is 0 Å². The highest BCUT2D eigenvalue weighted by Gasteiger charge is 2.55. The molecule has 0 saturated heterocycles. The van der Waals surface area contributed by atoms with E-state index in [9.17, 15) is 4.79 Å². The molecule has 0 aromatic heterocycles. The Morgan fingerprint density at radius 2 is 1.43 bits per heavy atom. The van der Waals surface area contributed by atoms with E-state index in [0.29, 0.717) is 11.0 Å². The van der Waals surface area contributed by atoms with Gasteiger partial charge in [0.25, 0.3) is 0 Å².